The van der Waals surface area contributed by atoms with Crippen molar-refractivity contribution in [3.05, 3.63) is 48.0 Å². The zero-order valence-electron chi connectivity index (χ0n) is 12.4. The topological polar surface area (TPSA) is 72.2 Å². The molecule has 5 heteroatoms. The lowest BCUT2D eigenvalue weighted by Gasteiger charge is -2.16. The van der Waals surface area contributed by atoms with Crippen molar-refractivity contribution in [2.24, 2.45) is 0 Å². The van der Waals surface area contributed by atoms with Crippen LogP contribution in [0.25, 0.3) is 0 Å². The Morgan fingerprint density at radius 2 is 1.71 bits per heavy atom. The lowest BCUT2D eigenvalue weighted by molar-refractivity contribution is 0.602. The number of para-hydroxylation sites is 1. The molecule has 0 aliphatic carbocycles. The van der Waals surface area contributed by atoms with Crippen LogP contribution in [0.5, 0.6) is 0 Å². The van der Waals surface area contributed by atoms with Crippen LogP contribution in [0.2, 0.25) is 0 Å². The average molecular weight is 304 g/mol. The van der Waals surface area contributed by atoms with Crippen molar-refractivity contribution in [3.63, 3.8) is 0 Å². The van der Waals surface area contributed by atoms with E-state index in [1.54, 1.807) is 12.1 Å². The number of nitrogens with one attached hydrogen (secondary N) is 1. The third-order valence-electron chi connectivity index (χ3n) is 3.30. The first kappa shape index (κ1) is 15.4. The molecule has 3 N–H and O–H groups in total. The van der Waals surface area contributed by atoms with Crippen molar-refractivity contribution in [1.29, 1.82) is 0 Å². The van der Waals surface area contributed by atoms with Gasteiger partial charge >= 0.3 is 0 Å². The Hall–Kier alpha value is -2.01. The fourth-order valence-electron chi connectivity index (χ4n) is 2.14. The number of hydrogen-bond acceptors (Lipinski definition) is 4. The van der Waals surface area contributed by atoms with E-state index in [2.05, 4.69) is 25.2 Å². The largest absolute Gasteiger partial charge is 0.397 e. The molecule has 0 saturated carbocycles. The molecule has 2 aromatic carbocycles. The molecule has 0 atom stereocenters. The number of anilines is 3. The van der Waals surface area contributed by atoms with E-state index in [1.807, 2.05) is 18.2 Å². The van der Waals surface area contributed by atoms with E-state index in [0.717, 1.165) is 5.69 Å². The predicted molar refractivity (Wildman–Crippen MR) is 87.8 cm³/mol. The third-order valence-corrected chi connectivity index (χ3v) is 4.41. The smallest absolute Gasteiger partial charge is 0.175 e. The van der Waals surface area contributed by atoms with Crippen LogP contribution < -0.4 is 11.1 Å². The number of rotatable bonds is 4. The van der Waals surface area contributed by atoms with Gasteiger partial charge in [0, 0.05) is 11.9 Å². The Kier molecular flexibility index (Phi) is 4.23. The second kappa shape index (κ2) is 5.77. The van der Waals surface area contributed by atoms with Gasteiger partial charge in [0.2, 0.25) is 0 Å². The Labute approximate surface area is 125 Å². The maximum atomic E-state index is 11.5. The van der Waals surface area contributed by atoms with Crippen molar-refractivity contribution >= 4 is 26.9 Å². The average Bonchev–Trinajstić information content (AvgIpc) is 2.40. The molecule has 0 aliphatic heterocycles. The van der Waals surface area contributed by atoms with Gasteiger partial charge in [-0.1, -0.05) is 32.0 Å². The second-order valence-electron chi connectivity index (χ2n) is 5.39. The lowest BCUT2D eigenvalue weighted by atomic mass is 10.0. The highest BCUT2D eigenvalue weighted by Crippen LogP contribution is 2.30. The molecule has 112 valence electrons. The summed E-state index contributed by atoms with van der Waals surface area (Å²) in [6.07, 6.45) is 1.17. The molecule has 2 rings (SSSR count). The van der Waals surface area contributed by atoms with Gasteiger partial charge in [-0.25, -0.2) is 8.42 Å². The summed E-state index contributed by atoms with van der Waals surface area (Å²) in [5, 5.41) is 3.28. The molecule has 2 aromatic rings. The molecule has 21 heavy (non-hydrogen) atoms. The van der Waals surface area contributed by atoms with E-state index in [0.29, 0.717) is 17.3 Å². The van der Waals surface area contributed by atoms with E-state index in [1.165, 1.54) is 17.9 Å². The molecule has 0 aromatic heterocycles. The normalized spacial score (nSPS) is 11.6. The summed E-state index contributed by atoms with van der Waals surface area (Å²) in [6.45, 7) is 4.24. The molecule has 0 radical (unpaired) electrons. The van der Waals surface area contributed by atoms with Crippen LogP contribution in [0.3, 0.4) is 0 Å². The zero-order valence-corrected chi connectivity index (χ0v) is 13.2. The standard InChI is InChI=1S/C16H20N2O2S/c1-11(2)13-6-4-5-7-15(13)18-16-9-8-12(10-14(16)17)21(3,19)20/h4-11,18H,17H2,1-3H3. The molecular formula is C16H20N2O2S. The zero-order chi connectivity index (χ0) is 15.6. The highest BCUT2D eigenvalue weighted by Gasteiger charge is 2.11. The van der Waals surface area contributed by atoms with E-state index < -0.39 is 9.84 Å². The summed E-state index contributed by atoms with van der Waals surface area (Å²) < 4.78 is 23.0. The fourth-order valence-corrected chi connectivity index (χ4v) is 2.80. The first-order valence-electron chi connectivity index (χ1n) is 6.74. The fraction of sp³-hybridized carbons (Fsp3) is 0.250. The van der Waals surface area contributed by atoms with Crippen LogP contribution in [0.4, 0.5) is 17.1 Å². The number of nitrogens with two attached hydrogens (primary N) is 1. The van der Waals surface area contributed by atoms with Crippen LogP contribution in [0.15, 0.2) is 47.4 Å². The van der Waals surface area contributed by atoms with E-state index in [-0.39, 0.29) is 4.90 Å². The minimum atomic E-state index is -3.24. The van der Waals surface area contributed by atoms with Crippen LogP contribution in [-0.4, -0.2) is 14.7 Å². The van der Waals surface area contributed by atoms with Gasteiger partial charge in [0.15, 0.2) is 9.84 Å². The molecule has 0 bridgehead atoms. The van der Waals surface area contributed by atoms with Gasteiger partial charge in [0.1, 0.15) is 0 Å². The molecule has 0 amide bonds. The maximum Gasteiger partial charge on any atom is 0.175 e. The van der Waals surface area contributed by atoms with Crippen molar-refractivity contribution in [1.82, 2.24) is 0 Å². The number of nitrogen functional groups attached to an aromatic ring is 1. The molecule has 0 saturated heterocycles. The monoisotopic (exact) mass is 304 g/mol. The SMILES string of the molecule is CC(C)c1ccccc1Nc1ccc(S(C)(=O)=O)cc1N. The van der Waals surface area contributed by atoms with Gasteiger partial charge in [-0.15, -0.1) is 0 Å². The van der Waals surface area contributed by atoms with Gasteiger partial charge in [-0.2, -0.15) is 0 Å². The minimum Gasteiger partial charge on any atom is -0.397 e. The molecule has 0 fully saturated rings. The molecular weight excluding hydrogens is 284 g/mol. The first-order valence-corrected chi connectivity index (χ1v) is 8.63. The van der Waals surface area contributed by atoms with Crippen LogP contribution in [0, 0.1) is 0 Å². The Bertz CT molecular complexity index is 753. The van der Waals surface area contributed by atoms with Crippen LogP contribution in [-0.2, 0) is 9.84 Å². The molecule has 0 unspecified atom stereocenters. The first-order chi connectivity index (χ1) is 9.79. The van der Waals surface area contributed by atoms with Gasteiger partial charge in [0.25, 0.3) is 0 Å². The summed E-state index contributed by atoms with van der Waals surface area (Å²) in [5.41, 5.74) is 9.25. The predicted octanol–water partition coefficient (Wildman–Crippen LogP) is 3.54. The van der Waals surface area contributed by atoms with Crippen LogP contribution >= 0.6 is 0 Å². The van der Waals surface area contributed by atoms with Crippen molar-refractivity contribution in [2.75, 3.05) is 17.3 Å². The second-order valence-corrected chi connectivity index (χ2v) is 7.40. The summed E-state index contributed by atoms with van der Waals surface area (Å²) in [4.78, 5) is 0.225. The highest BCUT2D eigenvalue weighted by atomic mass is 32.2. The summed E-state index contributed by atoms with van der Waals surface area (Å²) in [7, 11) is -3.24. The molecule has 0 heterocycles. The maximum absolute atomic E-state index is 11.5. The summed E-state index contributed by atoms with van der Waals surface area (Å²) in [5.74, 6) is 0.380. The minimum absolute atomic E-state index is 0.225. The quantitative estimate of drug-likeness (QED) is 0.847. The van der Waals surface area contributed by atoms with Crippen molar-refractivity contribution in [3.8, 4) is 0 Å². The Balaban J connectivity index is 2.37. The van der Waals surface area contributed by atoms with Gasteiger partial charge in [-0.3, -0.25) is 0 Å². The Morgan fingerprint density at radius 3 is 2.29 bits per heavy atom. The van der Waals surface area contributed by atoms with Crippen molar-refractivity contribution < 1.29 is 8.42 Å². The van der Waals surface area contributed by atoms with E-state index in [4.69, 9.17) is 5.73 Å². The van der Waals surface area contributed by atoms with E-state index >= 15 is 0 Å². The Morgan fingerprint density at radius 1 is 1.05 bits per heavy atom. The lowest BCUT2D eigenvalue weighted by Crippen LogP contribution is -2.03. The van der Waals surface area contributed by atoms with Gasteiger partial charge < -0.3 is 11.1 Å². The van der Waals surface area contributed by atoms with Crippen molar-refractivity contribution in [2.45, 2.75) is 24.7 Å². The van der Waals surface area contributed by atoms with Gasteiger partial charge in [0.05, 0.1) is 16.3 Å². The highest BCUT2D eigenvalue weighted by molar-refractivity contribution is 7.90. The van der Waals surface area contributed by atoms with Gasteiger partial charge in [-0.05, 0) is 35.7 Å². The molecule has 0 aliphatic rings. The summed E-state index contributed by atoms with van der Waals surface area (Å²) in [6, 6.07) is 12.7. The number of benzene rings is 2. The molecule has 4 nitrogen and oxygen atoms in total. The number of sulfone groups is 1. The summed E-state index contributed by atoms with van der Waals surface area (Å²) >= 11 is 0. The molecule has 0 spiro atoms. The number of hydrogen-bond donors (Lipinski definition) is 2. The third kappa shape index (κ3) is 3.55. The van der Waals surface area contributed by atoms with Crippen LogP contribution in [0.1, 0.15) is 25.3 Å². The van der Waals surface area contributed by atoms with E-state index in [9.17, 15) is 8.42 Å².